The minimum Gasteiger partial charge on any atom is -0.478 e. The third kappa shape index (κ3) is 3.82. The zero-order valence-electron chi connectivity index (χ0n) is 14.0. The van der Waals surface area contributed by atoms with Crippen molar-refractivity contribution in [1.29, 1.82) is 0 Å². The average Bonchev–Trinajstić information content (AvgIpc) is 2.68. The van der Waals surface area contributed by atoms with Crippen molar-refractivity contribution in [2.24, 2.45) is 0 Å². The maximum atomic E-state index is 12.5. The molecule has 0 saturated carbocycles. The third-order valence-electron chi connectivity index (χ3n) is 3.95. The van der Waals surface area contributed by atoms with Crippen LogP contribution < -0.4 is 5.32 Å². The number of benzene rings is 3. The summed E-state index contributed by atoms with van der Waals surface area (Å²) in [7, 11) is 0. The van der Waals surface area contributed by atoms with Crippen LogP contribution in [0.3, 0.4) is 0 Å². The van der Waals surface area contributed by atoms with Crippen molar-refractivity contribution in [3.8, 4) is 11.1 Å². The predicted octanol–water partition coefficient (Wildman–Crippen LogP) is 4.21. The number of carbonyl (C=O) groups is 2. The molecule has 3 aromatic carbocycles. The van der Waals surface area contributed by atoms with Gasteiger partial charge in [-0.2, -0.15) is 0 Å². The number of amides is 1. The fourth-order valence-corrected chi connectivity index (χ4v) is 2.68. The number of carbonyl (C=O) groups excluding carboxylic acids is 1. The van der Waals surface area contributed by atoms with Crippen molar-refractivity contribution in [2.75, 3.05) is 5.32 Å². The lowest BCUT2D eigenvalue weighted by Crippen LogP contribution is -2.18. The first-order valence-electron chi connectivity index (χ1n) is 7.95. The van der Waals surface area contributed by atoms with Crippen LogP contribution >= 0.6 is 0 Å². The maximum absolute atomic E-state index is 12.5. The standard InChI is InChI=1S/C20H14N2O5/c23-19(18-16(20(24)25)7-4-8-17(18)22(26)27)21-15-11-9-14(10-12-15)13-5-2-1-3-6-13/h1-12H,(H,21,23)(H,24,25). The van der Waals surface area contributed by atoms with Crippen LogP contribution in [0.15, 0.2) is 72.8 Å². The van der Waals surface area contributed by atoms with E-state index in [1.54, 1.807) is 24.3 Å². The maximum Gasteiger partial charge on any atom is 0.336 e. The molecule has 0 bridgehead atoms. The molecule has 0 aromatic heterocycles. The molecule has 0 aliphatic rings. The molecule has 0 saturated heterocycles. The van der Waals surface area contributed by atoms with E-state index in [4.69, 9.17) is 0 Å². The second kappa shape index (κ2) is 7.49. The van der Waals surface area contributed by atoms with Crippen molar-refractivity contribution in [2.45, 2.75) is 0 Å². The van der Waals surface area contributed by atoms with E-state index in [9.17, 15) is 24.8 Å². The Morgan fingerprint density at radius 2 is 1.48 bits per heavy atom. The van der Waals surface area contributed by atoms with E-state index in [0.29, 0.717) is 5.69 Å². The van der Waals surface area contributed by atoms with Gasteiger partial charge in [-0.25, -0.2) is 4.79 Å². The van der Waals surface area contributed by atoms with E-state index in [1.807, 2.05) is 30.3 Å². The summed E-state index contributed by atoms with van der Waals surface area (Å²) in [4.78, 5) is 34.3. The first-order valence-corrected chi connectivity index (χ1v) is 7.95. The third-order valence-corrected chi connectivity index (χ3v) is 3.95. The normalized spacial score (nSPS) is 10.2. The predicted molar refractivity (Wildman–Crippen MR) is 99.9 cm³/mol. The molecule has 0 spiro atoms. The van der Waals surface area contributed by atoms with Gasteiger partial charge in [0, 0.05) is 11.8 Å². The molecule has 2 N–H and O–H groups in total. The lowest BCUT2D eigenvalue weighted by Gasteiger charge is -2.09. The summed E-state index contributed by atoms with van der Waals surface area (Å²) in [6.45, 7) is 0. The molecule has 0 heterocycles. The van der Waals surface area contributed by atoms with Gasteiger partial charge >= 0.3 is 5.97 Å². The minimum atomic E-state index is -1.41. The van der Waals surface area contributed by atoms with Gasteiger partial charge in [0.1, 0.15) is 5.56 Å². The molecule has 0 radical (unpaired) electrons. The highest BCUT2D eigenvalue weighted by Crippen LogP contribution is 2.25. The first-order chi connectivity index (χ1) is 13.0. The molecular formula is C20H14N2O5. The summed E-state index contributed by atoms with van der Waals surface area (Å²) < 4.78 is 0. The quantitative estimate of drug-likeness (QED) is 0.522. The second-order valence-electron chi connectivity index (χ2n) is 5.66. The number of anilines is 1. The van der Waals surface area contributed by atoms with Crippen molar-refractivity contribution in [1.82, 2.24) is 0 Å². The SMILES string of the molecule is O=C(O)c1cccc([N+](=O)[O-])c1C(=O)Nc1ccc(-c2ccccc2)cc1. The summed E-state index contributed by atoms with van der Waals surface area (Å²) >= 11 is 0. The van der Waals surface area contributed by atoms with Gasteiger partial charge in [0.15, 0.2) is 0 Å². The van der Waals surface area contributed by atoms with E-state index in [2.05, 4.69) is 5.32 Å². The van der Waals surface area contributed by atoms with Crippen LogP contribution in [-0.2, 0) is 0 Å². The monoisotopic (exact) mass is 362 g/mol. The van der Waals surface area contributed by atoms with Gasteiger partial charge in [-0.15, -0.1) is 0 Å². The van der Waals surface area contributed by atoms with E-state index in [0.717, 1.165) is 23.3 Å². The van der Waals surface area contributed by atoms with Crippen molar-refractivity contribution >= 4 is 23.3 Å². The van der Waals surface area contributed by atoms with Gasteiger partial charge in [-0.1, -0.05) is 48.5 Å². The number of nitro groups is 1. The fraction of sp³-hybridized carbons (Fsp3) is 0. The van der Waals surface area contributed by atoms with Gasteiger partial charge in [0.25, 0.3) is 11.6 Å². The second-order valence-corrected chi connectivity index (χ2v) is 5.66. The number of hydrogen-bond donors (Lipinski definition) is 2. The van der Waals surface area contributed by atoms with E-state index in [-0.39, 0.29) is 0 Å². The number of carboxylic acids is 1. The Balaban J connectivity index is 1.90. The van der Waals surface area contributed by atoms with Crippen LogP contribution in [0.2, 0.25) is 0 Å². The van der Waals surface area contributed by atoms with Gasteiger partial charge in [0.05, 0.1) is 10.5 Å². The fourth-order valence-electron chi connectivity index (χ4n) is 2.68. The van der Waals surface area contributed by atoms with Crippen LogP contribution in [0.25, 0.3) is 11.1 Å². The molecule has 134 valence electrons. The number of hydrogen-bond acceptors (Lipinski definition) is 4. The molecule has 27 heavy (non-hydrogen) atoms. The number of nitrogens with zero attached hydrogens (tertiary/aromatic N) is 1. The highest BCUT2D eigenvalue weighted by Gasteiger charge is 2.27. The minimum absolute atomic E-state index is 0.397. The molecule has 7 heteroatoms. The van der Waals surface area contributed by atoms with Crippen molar-refractivity contribution < 1.29 is 19.6 Å². The number of carboxylic acid groups (broad SMARTS) is 1. The summed E-state index contributed by atoms with van der Waals surface area (Å²) in [6.07, 6.45) is 0. The summed E-state index contributed by atoms with van der Waals surface area (Å²) in [5, 5.41) is 23.0. The van der Waals surface area contributed by atoms with Crippen LogP contribution in [0.1, 0.15) is 20.7 Å². The molecule has 0 fully saturated rings. The molecule has 7 nitrogen and oxygen atoms in total. The number of nitro benzene ring substituents is 1. The van der Waals surface area contributed by atoms with E-state index >= 15 is 0 Å². The number of aromatic carboxylic acids is 1. The molecular weight excluding hydrogens is 348 g/mol. The lowest BCUT2D eigenvalue weighted by atomic mass is 10.0. The van der Waals surface area contributed by atoms with Crippen molar-refractivity contribution in [3.63, 3.8) is 0 Å². The van der Waals surface area contributed by atoms with Crippen molar-refractivity contribution in [3.05, 3.63) is 94.0 Å². The smallest absolute Gasteiger partial charge is 0.336 e. The molecule has 3 aromatic rings. The zero-order valence-corrected chi connectivity index (χ0v) is 14.0. The Labute approximate surface area is 154 Å². The van der Waals surface area contributed by atoms with Crippen LogP contribution in [0, 0.1) is 10.1 Å². The van der Waals surface area contributed by atoms with Gasteiger partial charge < -0.3 is 10.4 Å². The average molecular weight is 362 g/mol. The summed E-state index contributed by atoms with van der Waals surface area (Å²) in [5.74, 6) is -2.27. The zero-order chi connectivity index (χ0) is 19.4. The molecule has 1 amide bonds. The van der Waals surface area contributed by atoms with E-state index in [1.165, 1.54) is 6.07 Å². The van der Waals surface area contributed by atoms with Crippen LogP contribution in [0.4, 0.5) is 11.4 Å². The Morgan fingerprint density at radius 3 is 2.07 bits per heavy atom. The first kappa shape index (κ1) is 17.8. The Hall–Kier alpha value is -4.00. The van der Waals surface area contributed by atoms with Gasteiger partial charge in [-0.05, 0) is 29.3 Å². The highest BCUT2D eigenvalue weighted by molar-refractivity contribution is 6.13. The lowest BCUT2D eigenvalue weighted by molar-refractivity contribution is -0.385. The molecule has 3 rings (SSSR count). The van der Waals surface area contributed by atoms with E-state index < -0.39 is 33.6 Å². The van der Waals surface area contributed by atoms with Gasteiger partial charge in [-0.3, -0.25) is 14.9 Å². The van der Waals surface area contributed by atoms with Gasteiger partial charge in [0.2, 0.25) is 0 Å². The largest absolute Gasteiger partial charge is 0.478 e. The van der Waals surface area contributed by atoms with Crippen LogP contribution in [-0.4, -0.2) is 21.9 Å². The topological polar surface area (TPSA) is 110 Å². The number of rotatable bonds is 5. The molecule has 0 aliphatic heterocycles. The molecule has 0 atom stereocenters. The Kier molecular flexibility index (Phi) is 4.94. The Bertz CT molecular complexity index is 982. The highest BCUT2D eigenvalue weighted by atomic mass is 16.6. The molecule has 0 unspecified atom stereocenters. The number of nitrogens with one attached hydrogen (secondary N) is 1. The molecule has 0 aliphatic carbocycles. The van der Waals surface area contributed by atoms with Crippen LogP contribution in [0.5, 0.6) is 0 Å². The summed E-state index contributed by atoms with van der Waals surface area (Å²) in [5.41, 5.74) is 0.861. The Morgan fingerprint density at radius 1 is 0.852 bits per heavy atom. The summed E-state index contributed by atoms with van der Waals surface area (Å²) in [6, 6.07) is 20.0.